The normalized spacial score (nSPS) is 19.7. The molecule has 0 spiro atoms. The second kappa shape index (κ2) is 7.72. The summed E-state index contributed by atoms with van der Waals surface area (Å²) >= 11 is 0. The van der Waals surface area contributed by atoms with E-state index in [2.05, 4.69) is 15.3 Å². The molecule has 9 nitrogen and oxygen atoms in total. The molecule has 0 unspecified atom stereocenters. The molecule has 1 fully saturated rings. The van der Waals surface area contributed by atoms with Gasteiger partial charge in [0.15, 0.2) is 16.4 Å². The second-order valence-corrected chi connectivity index (χ2v) is 11.0. The van der Waals surface area contributed by atoms with E-state index in [4.69, 9.17) is 4.74 Å². The summed E-state index contributed by atoms with van der Waals surface area (Å²) in [5.74, 6) is -0.876. The van der Waals surface area contributed by atoms with Crippen LogP contribution in [0, 0.1) is 0 Å². The minimum absolute atomic E-state index is 0.127. The van der Waals surface area contributed by atoms with E-state index in [0.717, 1.165) is 0 Å². The molecule has 1 aromatic carbocycles. The van der Waals surface area contributed by atoms with Crippen molar-refractivity contribution in [1.29, 1.82) is 0 Å². The SMILES string of the molecule is CC1(NC(=O)c2ccc3c(c2)C(C)(C)C(=O)N3c2ccnc(OCC(F)F)n2)CS(=O)(=O)C1. The fraction of sp³-hybridized carbons (Fsp3) is 0.429. The Kier molecular flexibility index (Phi) is 5.38. The van der Waals surface area contributed by atoms with E-state index in [1.807, 2.05) is 0 Å². The number of sulfone groups is 1. The molecule has 0 bridgehead atoms. The number of aromatic nitrogens is 2. The van der Waals surface area contributed by atoms with E-state index in [9.17, 15) is 26.8 Å². The zero-order chi connectivity index (χ0) is 24.2. The molecule has 0 aliphatic carbocycles. The summed E-state index contributed by atoms with van der Waals surface area (Å²) in [5.41, 5.74) is -0.505. The Morgan fingerprint density at radius 2 is 1.94 bits per heavy atom. The number of carbonyl (C=O) groups excluding carboxylic acids is 2. The number of benzene rings is 1. The molecule has 176 valence electrons. The number of hydrogen-bond acceptors (Lipinski definition) is 7. The van der Waals surface area contributed by atoms with E-state index in [1.165, 1.54) is 23.2 Å². The molecule has 2 aliphatic rings. The van der Waals surface area contributed by atoms with Crippen molar-refractivity contribution in [2.45, 2.75) is 38.2 Å². The summed E-state index contributed by atoms with van der Waals surface area (Å²) < 4.78 is 52.8. The van der Waals surface area contributed by atoms with Crippen LogP contribution in [0.2, 0.25) is 0 Å². The van der Waals surface area contributed by atoms with E-state index in [0.29, 0.717) is 11.3 Å². The van der Waals surface area contributed by atoms with Gasteiger partial charge in [0.2, 0.25) is 5.91 Å². The highest BCUT2D eigenvalue weighted by atomic mass is 32.2. The van der Waals surface area contributed by atoms with Gasteiger partial charge in [-0.2, -0.15) is 4.98 Å². The maximum atomic E-state index is 13.2. The van der Waals surface area contributed by atoms with Crippen molar-refractivity contribution < 1.29 is 31.5 Å². The fourth-order valence-corrected chi connectivity index (χ4v) is 6.12. The van der Waals surface area contributed by atoms with Crippen LogP contribution in [0.15, 0.2) is 30.5 Å². The zero-order valence-electron chi connectivity index (χ0n) is 18.1. The van der Waals surface area contributed by atoms with Crippen molar-refractivity contribution >= 4 is 33.2 Å². The van der Waals surface area contributed by atoms with E-state index in [1.54, 1.807) is 32.9 Å². The van der Waals surface area contributed by atoms with Gasteiger partial charge >= 0.3 is 6.01 Å². The van der Waals surface area contributed by atoms with Gasteiger partial charge in [-0.3, -0.25) is 14.5 Å². The zero-order valence-corrected chi connectivity index (χ0v) is 18.9. The third-order valence-electron chi connectivity index (χ3n) is 5.59. The Labute approximate surface area is 189 Å². The highest BCUT2D eigenvalue weighted by Crippen LogP contribution is 2.45. The number of nitrogens with zero attached hydrogens (tertiary/aromatic N) is 3. The molecule has 33 heavy (non-hydrogen) atoms. The van der Waals surface area contributed by atoms with Crippen molar-refractivity contribution in [3.63, 3.8) is 0 Å². The predicted molar refractivity (Wildman–Crippen MR) is 115 cm³/mol. The summed E-state index contributed by atoms with van der Waals surface area (Å²) in [6.07, 6.45) is -1.39. The maximum absolute atomic E-state index is 13.2. The van der Waals surface area contributed by atoms with Gasteiger partial charge in [0.05, 0.1) is 28.1 Å². The summed E-state index contributed by atoms with van der Waals surface area (Å²) in [7, 11) is -3.13. The minimum Gasteiger partial charge on any atom is -0.457 e. The van der Waals surface area contributed by atoms with Crippen LogP contribution in [0.25, 0.3) is 0 Å². The van der Waals surface area contributed by atoms with Crippen molar-refractivity contribution in [2.75, 3.05) is 23.0 Å². The quantitative estimate of drug-likeness (QED) is 0.672. The molecule has 0 atom stereocenters. The molecule has 2 aliphatic heterocycles. The van der Waals surface area contributed by atoms with Gasteiger partial charge in [-0.1, -0.05) is 0 Å². The first-order valence-corrected chi connectivity index (χ1v) is 11.9. The predicted octanol–water partition coefficient (Wildman–Crippen LogP) is 1.99. The standard InChI is InChI=1S/C21H22F2N4O5S/c1-20(2)13-8-12(17(28)26-21(3)10-33(30,31)11-21)4-5-14(13)27(18(20)29)16-6-7-24-19(25-16)32-9-15(22)23/h4-8,15H,9-11H2,1-3H3,(H,26,28). The van der Waals surface area contributed by atoms with Crippen LogP contribution in [0.5, 0.6) is 6.01 Å². The Balaban J connectivity index is 1.63. The Morgan fingerprint density at radius 1 is 1.24 bits per heavy atom. The summed E-state index contributed by atoms with van der Waals surface area (Å²) in [5, 5.41) is 2.75. The molecule has 12 heteroatoms. The molecule has 2 amide bonds. The molecule has 0 saturated carbocycles. The number of fused-ring (bicyclic) bond motifs is 1. The maximum Gasteiger partial charge on any atom is 0.318 e. The highest BCUT2D eigenvalue weighted by Gasteiger charge is 2.47. The monoisotopic (exact) mass is 480 g/mol. The highest BCUT2D eigenvalue weighted by molar-refractivity contribution is 7.93. The molecule has 1 aromatic heterocycles. The number of amides is 2. The average Bonchev–Trinajstić information content (AvgIpc) is 2.90. The lowest BCUT2D eigenvalue weighted by atomic mass is 9.85. The molecule has 1 N–H and O–H groups in total. The first-order chi connectivity index (χ1) is 15.3. The van der Waals surface area contributed by atoms with Crippen molar-refractivity contribution in [2.24, 2.45) is 0 Å². The Hall–Kier alpha value is -3.15. The molecule has 3 heterocycles. The number of carbonyl (C=O) groups is 2. The summed E-state index contributed by atoms with van der Waals surface area (Å²) in [6.45, 7) is 4.19. The number of halogens is 2. The van der Waals surface area contributed by atoms with Gasteiger partial charge in [0.1, 0.15) is 5.82 Å². The van der Waals surface area contributed by atoms with Gasteiger partial charge in [0.25, 0.3) is 12.3 Å². The van der Waals surface area contributed by atoms with Gasteiger partial charge < -0.3 is 10.1 Å². The lowest BCUT2D eigenvalue weighted by Gasteiger charge is -2.38. The first-order valence-electron chi connectivity index (χ1n) is 10.1. The van der Waals surface area contributed by atoms with Crippen LogP contribution in [-0.4, -0.2) is 60.3 Å². The number of ether oxygens (including phenoxy) is 1. The first kappa shape index (κ1) is 23.0. The van der Waals surface area contributed by atoms with E-state index >= 15 is 0 Å². The van der Waals surface area contributed by atoms with Crippen LogP contribution in [-0.2, 0) is 20.0 Å². The van der Waals surface area contributed by atoms with Crippen molar-refractivity contribution in [1.82, 2.24) is 15.3 Å². The van der Waals surface area contributed by atoms with Gasteiger partial charge in [-0.15, -0.1) is 0 Å². The molecular weight excluding hydrogens is 458 g/mol. The number of anilines is 2. The molecule has 4 rings (SSSR count). The number of hydrogen-bond donors (Lipinski definition) is 1. The lowest BCUT2D eigenvalue weighted by molar-refractivity contribution is -0.121. The van der Waals surface area contributed by atoms with Crippen molar-refractivity contribution in [3.05, 3.63) is 41.6 Å². The Morgan fingerprint density at radius 3 is 2.58 bits per heavy atom. The Bertz CT molecular complexity index is 1240. The van der Waals surface area contributed by atoms with Gasteiger partial charge in [-0.25, -0.2) is 22.2 Å². The van der Waals surface area contributed by atoms with E-state index < -0.39 is 39.7 Å². The summed E-state index contributed by atoms with van der Waals surface area (Å²) in [4.78, 5) is 35.2. The van der Waals surface area contributed by atoms with Crippen LogP contribution >= 0.6 is 0 Å². The number of rotatable bonds is 6. The van der Waals surface area contributed by atoms with Crippen LogP contribution in [0.4, 0.5) is 20.3 Å². The smallest absolute Gasteiger partial charge is 0.318 e. The largest absolute Gasteiger partial charge is 0.457 e. The van der Waals surface area contributed by atoms with Crippen LogP contribution in [0.1, 0.15) is 36.7 Å². The molecule has 2 aromatic rings. The fourth-order valence-electron chi connectivity index (χ4n) is 4.11. The van der Waals surface area contributed by atoms with E-state index in [-0.39, 0.29) is 34.8 Å². The van der Waals surface area contributed by atoms with Crippen LogP contribution < -0.4 is 15.0 Å². The summed E-state index contributed by atoms with van der Waals surface area (Å²) in [6, 6.07) is 5.89. The number of nitrogens with one attached hydrogen (secondary N) is 1. The second-order valence-electron chi connectivity index (χ2n) is 8.94. The molecule has 1 saturated heterocycles. The minimum atomic E-state index is -3.13. The third-order valence-corrected chi connectivity index (χ3v) is 7.74. The van der Waals surface area contributed by atoms with Crippen molar-refractivity contribution in [3.8, 4) is 6.01 Å². The lowest BCUT2D eigenvalue weighted by Crippen LogP contribution is -2.63. The molecular formula is C21H22F2N4O5S. The van der Waals surface area contributed by atoms with Gasteiger partial charge in [0, 0.05) is 17.8 Å². The average molecular weight is 480 g/mol. The van der Waals surface area contributed by atoms with Gasteiger partial charge in [-0.05, 0) is 44.5 Å². The van der Waals surface area contributed by atoms with Crippen LogP contribution in [0.3, 0.4) is 0 Å². The molecule has 0 radical (unpaired) electrons. The third kappa shape index (κ3) is 4.26. The number of alkyl halides is 2. The topological polar surface area (TPSA) is 119 Å².